The summed E-state index contributed by atoms with van der Waals surface area (Å²) < 4.78 is 0. The van der Waals surface area contributed by atoms with Gasteiger partial charge < -0.3 is 5.11 Å². The minimum Gasteiger partial charge on any atom is -0.504 e. The molecule has 0 aliphatic heterocycles. The molecule has 0 saturated heterocycles. The predicted octanol–water partition coefficient (Wildman–Crippen LogP) is 3.97. The summed E-state index contributed by atoms with van der Waals surface area (Å²) in [6, 6.07) is 0. The second-order valence-electron chi connectivity index (χ2n) is 8.50. The Bertz CT molecular complexity index is 589. The van der Waals surface area contributed by atoms with Gasteiger partial charge in [-0.15, -0.1) is 0 Å². The molecule has 0 aromatic carbocycles. The first-order valence-electron chi connectivity index (χ1n) is 8.87. The van der Waals surface area contributed by atoms with Gasteiger partial charge in [-0.05, 0) is 67.3 Å². The topological polar surface area (TPSA) is 54.4 Å². The van der Waals surface area contributed by atoms with Crippen LogP contribution in [-0.2, 0) is 9.59 Å². The summed E-state index contributed by atoms with van der Waals surface area (Å²) in [5, 5.41) is 10.3. The Kier molecular flexibility index (Phi) is 2.93. The minimum absolute atomic E-state index is 0.0200. The lowest BCUT2D eigenvalue weighted by Crippen LogP contribution is -2.51. The van der Waals surface area contributed by atoms with E-state index in [2.05, 4.69) is 13.8 Å². The Morgan fingerprint density at radius 3 is 2.41 bits per heavy atom. The van der Waals surface area contributed by atoms with Gasteiger partial charge in [0.1, 0.15) is 5.78 Å². The molecule has 0 amide bonds. The summed E-state index contributed by atoms with van der Waals surface area (Å²) >= 11 is 0. The first-order chi connectivity index (χ1) is 10.4. The van der Waals surface area contributed by atoms with Crippen molar-refractivity contribution in [3.05, 3.63) is 11.3 Å². The number of hydrogen-bond acceptors (Lipinski definition) is 3. The molecule has 2 unspecified atom stereocenters. The van der Waals surface area contributed by atoms with Crippen LogP contribution in [-0.4, -0.2) is 16.7 Å². The van der Waals surface area contributed by atoms with Gasteiger partial charge in [-0.1, -0.05) is 13.8 Å². The lowest BCUT2D eigenvalue weighted by Gasteiger charge is -2.56. The highest BCUT2D eigenvalue weighted by Crippen LogP contribution is 2.64. The van der Waals surface area contributed by atoms with Crippen molar-refractivity contribution in [2.75, 3.05) is 0 Å². The van der Waals surface area contributed by atoms with E-state index in [1.54, 1.807) is 0 Å². The van der Waals surface area contributed by atoms with E-state index in [0.717, 1.165) is 50.5 Å². The van der Waals surface area contributed by atoms with Gasteiger partial charge in [0.05, 0.1) is 0 Å². The van der Waals surface area contributed by atoms with Crippen LogP contribution in [0.4, 0.5) is 0 Å². The van der Waals surface area contributed by atoms with E-state index in [1.165, 1.54) is 0 Å². The summed E-state index contributed by atoms with van der Waals surface area (Å²) in [5.74, 6) is 2.14. The van der Waals surface area contributed by atoms with Crippen LogP contribution in [0.15, 0.2) is 11.3 Å². The standard InChI is InChI=1S/C19H26O3/c1-18-10-8-15(20)17(22)14(18)4-3-11-12-5-6-16(21)19(12,2)9-7-13(11)18/h11-13,22H,3-10H2,1-2H3/t11-,12?,13?,18+,19-/m0/s1. The summed E-state index contributed by atoms with van der Waals surface area (Å²) in [5.41, 5.74) is 0.914. The normalized spacial score (nSPS) is 48.0. The van der Waals surface area contributed by atoms with Crippen LogP contribution in [0, 0.1) is 28.6 Å². The molecule has 3 heteroatoms. The van der Waals surface area contributed by atoms with E-state index in [0.29, 0.717) is 30.0 Å². The van der Waals surface area contributed by atoms with E-state index < -0.39 is 0 Å². The number of rotatable bonds is 0. The van der Waals surface area contributed by atoms with Crippen molar-refractivity contribution in [2.45, 2.75) is 65.2 Å². The molecule has 3 saturated carbocycles. The second kappa shape index (κ2) is 4.46. The van der Waals surface area contributed by atoms with Gasteiger partial charge >= 0.3 is 0 Å². The number of ketones is 2. The minimum atomic E-state index is -0.0920. The predicted molar refractivity (Wildman–Crippen MR) is 83.3 cm³/mol. The number of carbonyl (C=O) groups is 2. The Morgan fingerprint density at radius 2 is 1.64 bits per heavy atom. The first kappa shape index (κ1) is 14.5. The quantitative estimate of drug-likeness (QED) is 0.736. The highest BCUT2D eigenvalue weighted by Gasteiger charge is 2.59. The fourth-order valence-electron chi connectivity index (χ4n) is 6.46. The van der Waals surface area contributed by atoms with Crippen LogP contribution in [0.2, 0.25) is 0 Å². The van der Waals surface area contributed by atoms with E-state index in [9.17, 15) is 14.7 Å². The molecule has 0 spiro atoms. The fraction of sp³-hybridized carbons (Fsp3) is 0.789. The molecule has 5 atom stereocenters. The molecule has 0 radical (unpaired) electrons. The Morgan fingerprint density at radius 1 is 0.909 bits per heavy atom. The number of fused-ring (bicyclic) bond motifs is 5. The number of hydrogen-bond donors (Lipinski definition) is 1. The van der Waals surface area contributed by atoms with Crippen molar-refractivity contribution in [3.8, 4) is 0 Å². The van der Waals surface area contributed by atoms with Crippen molar-refractivity contribution in [1.82, 2.24) is 0 Å². The molecule has 22 heavy (non-hydrogen) atoms. The zero-order valence-corrected chi connectivity index (χ0v) is 13.7. The Labute approximate surface area is 132 Å². The molecule has 0 heterocycles. The maximum Gasteiger partial charge on any atom is 0.197 e. The zero-order chi connectivity index (χ0) is 15.7. The van der Waals surface area contributed by atoms with Crippen molar-refractivity contribution < 1.29 is 14.7 Å². The van der Waals surface area contributed by atoms with Crippen LogP contribution in [0.1, 0.15) is 65.2 Å². The molecule has 3 fully saturated rings. The third-order valence-corrected chi connectivity index (χ3v) is 7.80. The van der Waals surface area contributed by atoms with Crippen molar-refractivity contribution in [1.29, 1.82) is 0 Å². The molecule has 0 aromatic rings. The number of allylic oxidation sites excluding steroid dienone is 1. The molecule has 0 aromatic heterocycles. The van der Waals surface area contributed by atoms with Gasteiger partial charge in [0.2, 0.25) is 0 Å². The number of aliphatic hydroxyl groups excluding tert-OH is 1. The van der Waals surface area contributed by atoms with E-state index >= 15 is 0 Å². The lowest BCUT2D eigenvalue weighted by molar-refractivity contribution is -0.133. The van der Waals surface area contributed by atoms with Gasteiger partial charge in [-0.2, -0.15) is 0 Å². The second-order valence-corrected chi connectivity index (χ2v) is 8.50. The molecule has 4 rings (SSSR count). The summed E-state index contributed by atoms with van der Waals surface area (Å²) in [7, 11) is 0. The highest BCUT2D eigenvalue weighted by atomic mass is 16.3. The monoisotopic (exact) mass is 302 g/mol. The summed E-state index contributed by atoms with van der Waals surface area (Å²) in [4.78, 5) is 24.2. The lowest BCUT2D eigenvalue weighted by atomic mass is 9.47. The number of aliphatic hydroxyl groups is 1. The Balaban J connectivity index is 1.73. The van der Waals surface area contributed by atoms with Crippen molar-refractivity contribution in [2.24, 2.45) is 28.6 Å². The molecule has 0 bridgehead atoms. The number of Topliss-reactive ketones (excluding diaryl/α,β-unsaturated/α-hetero) is 2. The molecule has 120 valence electrons. The molecule has 1 N–H and O–H groups in total. The van der Waals surface area contributed by atoms with Crippen LogP contribution < -0.4 is 0 Å². The first-order valence-corrected chi connectivity index (χ1v) is 8.87. The Hall–Kier alpha value is -1.12. The van der Waals surface area contributed by atoms with Gasteiger partial charge in [-0.25, -0.2) is 0 Å². The van der Waals surface area contributed by atoms with E-state index in [-0.39, 0.29) is 22.4 Å². The van der Waals surface area contributed by atoms with E-state index in [1.807, 2.05) is 0 Å². The average Bonchev–Trinajstić information content (AvgIpc) is 2.79. The summed E-state index contributed by atoms with van der Waals surface area (Å²) in [6.07, 6.45) is 7.13. The summed E-state index contributed by atoms with van der Waals surface area (Å²) in [6.45, 7) is 4.46. The maximum atomic E-state index is 12.4. The van der Waals surface area contributed by atoms with Gasteiger partial charge in [0, 0.05) is 18.3 Å². The van der Waals surface area contributed by atoms with Gasteiger partial charge in [0.15, 0.2) is 11.5 Å². The third-order valence-electron chi connectivity index (χ3n) is 7.80. The van der Waals surface area contributed by atoms with Crippen molar-refractivity contribution in [3.63, 3.8) is 0 Å². The molecule has 3 nitrogen and oxygen atoms in total. The largest absolute Gasteiger partial charge is 0.504 e. The molecular weight excluding hydrogens is 276 g/mol. The molecular formula is C19H26O3. The highest BCUT2D eigenvalue weighted by molar-refractivity contribution is 5.95. The third kappa shape index (κ3) is 1.63. The van der Waals surface area contributed by atoms with Crippen LogP contribution in [0.3, 0.4) is 0 Å². The van der Waals surface area contributed by atoms with Gasteiger partial charge in [-0.3, -0.25) is 9.59 Å². The zero-order valence-electron chi connectivity index (χ0n) is 13.7. The van der Waals surface area contributed by atoms with Crippen LogP contribution in [0.5, 0.6) is 0 Å². The number of carbonyl (C=O) groups excluding carboxylic acids is 2. The van der Waals surface area contributed by atoms with E-state index in [4.69, 9.17) is 0 Å². The molecule has 4 aliphatic rings. The van der Waals surface area contributed by atoms with Gasteiger partial charge in [0.25, 0.3) is 0 Å². The molecule has 4 aliphatic carbocycles. The smallest absolute Gasteiger partial charge is 0.197 e. The van der Waals surface area contributed by atoms with Crippen molar-refractivity contribution >= 4 is 11.6 Å². The maximum absolute atomic E-state index is 12.4. The van der Waals surface area contributed by atoms with Crippen LogP contribution in [0.25, 0.3) is 0 Å². The average molecular weight is 302 g/mol. The fourth-order valence-corrected chi connectivity index (χ4v) is 6.46. The van der Waals surface area contributed by atoms with Crippen LogP contribution >= 0.6 is 0 Å². The SMILES string of the molecule is C[C@]12CCC(=O)C(O)=C1CC[C@@H]1C2CC[C@]2(C)C(=O)CCC12.